The highest BCUT2D eigenvalue weighted by Crippen LogP contribution is 2.36. The molecule has 1 aromatic rings. The number of rotatable bonds is 3. The largest absolute Gasteiger partial charge is 0.326 e. The number of benzene rings is 1. The fraction of sp³-hybridized carbons (Fsp3) is 0. The number of carbonyl (C=O) groups is 1. The number of halogens is 2. The number of hydrogen-bond donors (Lipinski definition) is 1. The summed E-state index contributed by atoms with van der Waals surface area (Å²) in [6.45, 7) is 0. The third kappa shape index (κ3) is 1.94. The van der Waals surface area contributed by atoms with Crippen LogP contribution in [0, 0.1) is 10.1 Å². The molecule has 0 bridgehead atoms. The van der Waals surface area contributed by atoms with Crippen molar-refractivity contribution in [2.75, 3.05) is 5.32 Å². The minimum absolute atomic E-state index is 0.0394. The van der Waals surface area contributed by atoms with Gasteiger partial charge in [-0.15, -0.1) is 0 Å². The fourth-order valence-corrected chi connectivity index (χ4v) is 1.42. The van der Waals surface area contributed by atoms with E-state index < -0.39 is 4.92 Å². The maximum absolute atomic E-state index is 10.5. The van der Waals surface area contributed by atoms with E-state index in [4.69, 9.17) is 23.2 Å². The Kier molecular flexibility index (Phi) is 3.27. The van der Waals surface area contributed by atoms with Gasteiger partial charge >= 0.3 is 0 Å². The second kappa shape index (κ2) is 4.26. The predicted octanol–water partition coefficient (Wildman–Crippen LogP) is 2.47. The summed E-state index contributed by atoms with van der Waals surface area (Å²) in [5, 5.41) is 12.6. The van der Waals surface area contributed by atoms with Crippen LogP contribution in [0.3, 0.4) is 0 Å². The van der Waals surface area contributed by atoms with Gasteiger partial charge in [0.25, 0.3) is 5.69 Å². The third-order valence-corrected chi connectivity index (χ3v) is 2.17. The third-order valence-electron chi connectivity index (χ3n) is 1.47. The lowest BCUT2D eigenvalue weighted by atomic mass is 10.3. The van der Waals surface area contributed by atoms with Crippen molar-refractivity contribution in [1.82, 2.24) is 0 Å². The van der Waals surface area contributed by atoms with Crippen LogP contribution in [0.5, 0.6) is 0 Å². The molecule has 0 atom stereocenters. The number of nitrogens with zero attached hydrogens (tertiary/aromatic N) is 1. The maximum atomic E-state index is 10.5. The Hall–Kier alpha value is -1.33. The van der Waals surface area contributed by atoms with Crippen molar-refractivity contribution in [2.24, 2.45) is 0 Å². The topological polar surface area (TPSA) is 72.2 Å². The van der Waals surface area contributed by atoms with Crippen LogP contribution in [-0.2, 0) is 4.79 Å². The molecule has 0 aliphatic rings. The number of carbonyl (C=O) groups excluding carboxylic acids is 1. The molecule has 0 aromatic heterocycles. The Bertz CT molecular complexity index is 395. The number of anilines is 1. The first-order chi connectivity index (χ1) is 6.57. The summed E-state index contributed by atoms with van der Waals surface area (Å²) < 4.78 is 0. The molecule has 14 heavy (non-hydrogen) atoms. The van der Waals surface area contributed by atoms with E-state index in [0.717, 1.165) is 0 Å². The standard InChI is InChI=1S/C7H4Cl2N2O3/c8-4-1-2-5(11(13)14)6(9)7(4)10-3-12/h1-3H,(H,10,12). The first-order valence-corrected chi connectivity index (χ1v) is 4.16. The average Bonchev–Trinajstić information content (AvgIpc) is 2.11. The second-order valence-electron chi connectivity index (χ2n) is 2.27. The summed E-state index contributed by atoms with van der Waals surface area (Å²) in [6, 6.07) is 2.46. The van der Waals surface area contributed by atoms with Gasteiger partial charge in [-0.05, 0) is 6.07 Å². The molecule has 5 nitrogen and oxygen atoms in total. The van der Waals surface area contributed by atoms with Crippen LogP contribution in [0.15, 0.2) is 12.1 Å². The van der Waals surface area contributed by atoms with Gasteiger partial charge in [-0.3, -0.25) is 14.9 Å². The first-order valence-electron chi connectivity index (χ1n) is 3.40. The molecule has 7 heteroatoms. The number of amides is 1. The Balaban J connectivity index is 3.32. The second-order valence-corrected chi connectivity index (χ2v) is 3.06. The Morgan fingerprint density at radius 1 is 1.43 bits per heavy atom. The summed E-state index contributed by atoms with van der Waals surface area (Å²) in [6.07, 6.45) is 0.344. The molecule has 0 unspecified atom stereocenters. The van der Waals surface area contributed by atoms with Gasteiger partial charge in [0.15, 0.2) is 0 Å². The molecule has 0 spiro atoms. The van der Waals surface area contributed by atoms with Crippen molar-refractivity contribution < 1.29 is 9.72 Å². The average molecular weight is 235 g/mol. The smallest absolute Gasteiger partial charge is 0.290 e. The van der Waals surface area contributed by atoms with E-state index in [-0.39, 0.29) is 21.4 Å². The zero-order valence-electron chi connectivity index (χ0n) is 6.66. The van der Waals surface area contributed by atoms with Gasteiger partial charge < -0.3 is 5.32 Å². The SMILES string of the molecule is O=CNc1c(Cl)ccc([N+](=O)[O-])c1Cl. The van der Waals surface area contributed by atoms with Gasteiger partial charge in [0.05, 0.1) is 15.6 Å². The summed E-state index contributed by atoms with van der Waals surface area (Å²) >= 11 is 11.3. The number of hydrogen-bond acceptors (Lipinski definition) is 3. The van der Waals surface area contributed by atoms with Crippen LogP contribution in [0.2, 0.25) is 10.0 Å². The quantitative estimate of drug-likeness (QED) is 0.496. The van der Waals surface area contributed by atoms with Crippen LogP contribution < -0.4 is 5.32 Å². The normalized spacial score (nSPS) is 9.57. The van der Waals surface area contributed by atoms with Crippen molar-refractivity contribution >= 4 is 41.0 Å². The lowest BCUT2D eigenvalue weighted by molar-refractivity contribution is -0.384. The van der Waals surface area contributed by atoms with E-state index >= 15 is 0 Å². The molecule has 0 aliphatic heterocycles. The van der Waals surface area contributed by atoms with Crippen LogP contribution in [0.25, 0.3) is 0 Å². The number of nitro benzene ring substituents is 1. The van der Waals surface area contributed by atoms with Crippen molar-refractivity contribution in [3.05, 3.63) is 32.3 Å². The number of nitrogens with one attached hydrogen (secondary N) is 1. The van der Waals surface area contributed by atoms with Crippen LogP contribution >= 0.6 is 23.2 Å². The molecule has 0 saturated carbocycles. The molecular weight excluding hydrogens is 231 g/mol. The summed E-state index contributed by atoms with van der Waals surface area (Å²) in [4.78, 5) is 20.0. The lowest BCUT2D eigenvalue weighted by Crippen LogP contribution is -1.98. The van der Waals surface area contributed by atoms with E-state index in [1.165, 1.54) is 12.1 Å². The molecular formula is C7H4Cl2N2O3. The molecule has 1 N–H and O–H groups in total. The van der Waals surface area contributed by atoms with E-state index in [2.05, 4.69) is 5.32 Å². The summed E-state index contributed by atoms with van der Waals surface area (Å²) in [7, 11) is 0. The molecule has 0 heterocycles. The summed E-state index contributed by atoms with van der Waals surface area (Å²) in [5.74, 6) is 0. The van der Waals surface area contributed by atoms with E-state index in [0.29, 0.717) is 6.41 Å². The molecule has 0 radical (unpaired) electrons. The molecule has 0 aliphatic carbocycles. The van der Waals surface area contributed by atoms with Crippen molar-refractivity contribution in [3.8, 4) is 0 Å². The molecule has 74 valence electrons. The lowest BCUT2D eigenvalue weighted by Gasteiger charge is -2.04. The highest BCUT2D eigenvalue weighted by atomic mass is 35.5. The van der Waals surface area contributed by atoms with Gasteiger partial charge in [-0.1, -0.05) is 23.2 Å². The van der Waals surface area contributed by atoms with Gasteiger partial charge in [-0.25, -0.2) is 0 Å². The Morgan fingerprint density at radius 2 is 2.07 bits per heavy atom. The van der Waals surface area contributed by atoms with Crippen LogP contribution in [0.1, 0.15) is 0 Å². The zero-order valence-corrected chi connectivity index (χ0v) is 8.17. The van der Waals surface area contributed by atoms with Crippen molar-refractivity contribution in [1.29, 1.82) is 0 Å². The van der Waals surface area contributed by atoms with Crippen LogP contribution in [0.4, 0.5) is 11.4 Å². The Morgan fingerprint density at radius 3 is 2.57 bits per heavy atom. The minimum Gasteiger partial charge on any atom is -0.326 e. The van der Waals surface area contributed by atoms with Gasteiger partial charge in [0, 0.05) is 6.07 Å². The van der Waals surface area contributed by atoms with Gasteiger partial charge in [0.2, 0.25) is 6.41 Å². The molecule has 0 saturated heterocycles. The van der Waals surface area contributed by atoms with E-state index in [1.807, 2.05) is 0 Å². The van der Waals surface area contributed by atoms with Crippen molar-refractivity contribution in [2.45, 2.75) is 0 Å². The first kappa shape index (κ1) is 10.7. The monoisotopic (exact) mass is 234 g/mol. The van der Waals surface area contributed by atoms with Gasteiger partial charge in [-0.2, -0.15) is 0 Å². The van der Waals surface area contributed by atoms with E-state index in [1.54, 1.807) is 0 Å². The predicted molar refractivity (Wildman–Crippen MR) is 52.8 cm³/mol. The molecule has 1 rings (SSSR count). The Labute approximate surface area is 88.8 Å². The van der Waals surface area contributed by atoms with E-state index in [9.17, 15) is 14.9 Å². The van der Waals surface area contributed by atoms with Gasteiger partial charge in [0.1, 0.15) is 5.02 Å². The highest BCUT2D eigenvalue weighted by molar-refractivity contribution is 6.40. The van der Waals surface area contributed by atoms with Crippen LogP contribution in [-0.4, -0.2) is 11.3 Å². The molecule has 1 amide bonds. The molecule has 1 aromatic carbocycles. The number of nitro groups is 1. The zero-order chi connectivity index (χ0) is 10.7. The van der Waals surface area contributed by atoms with Crippen molar-refractivity contribution in [3.63, 3.8) is 0 Å². The summed E-state index contributed by atoms with van der Waals surface area (Å²) in [5.41, 5.74) is -0.266. The highest BCUT2D eigenvalue weighted by Gasteiger charge is 2.17. The molecule has 0 fully saturated rings. The maximum Gasteiger partial charge on any atom is 0.290 e. The minimum atomic E-state index is -0.658. The fourth-order valence-electron chi connectivity index (χ4n) is 0.874.